The predicted octanol–water partition coefficient (Wildman–Crippen LogP) is 3.08. The number of benzene rings is 2. The van der Waals surface area contributed by atoms with Crippen LogP contribution in [0.3, 0.4) is 0 Å². The smallest absolute Gasteiger partial charge is 0.228 e. The average molecular weight is 340 g/mol. The van der Waals surface area contributed by atoms with Gasteiger partial charge in [-0.25, -0.2) is 0 Å². The lowest BCUT2D eigenvalue weighted by atomic mass is 9.99. The lowest BCUT2D eigenvalue weighted by Gasteiger charge is -2.22. The Morgan fingerprint density at radius 1 is 1.04 bits per heavy atom. The van der Waals surface area contributed by atoms with Gasteiger partial charge < -0.3 is 20.1 Å². The zero-order valence-corrected chi connectivity index (χ0v) is 14.2. The molecule has 132 valence electrons. The lowest BCUT2D eigenvalue weighted by Crippen LogP contribution is -2.37. The van der Waals surface area contributed by atoms with Crippen molar-refractivity contribution in [1.82, 2.24) is 5.32 Å². The molecular formula is C20H24N2O3. The summed E-state index contributed by atoms with van der Waals surface area (Å²) in [6.45, 7) is 2.58. The van der Waals surface area contributed by atoms with E-state index in [2.05, 4.69) is 10.6 Å². The van der Waals surface area contributed by atoms with Crippen molar-refractivity contribution in [3.05, 3.63) is 54.6 Å². The fourth-order valence-corrected chi connectivity index (χ4v) is 2.83. The Labute approximate surface area is 148 Å². The number of piperidine rings is 1. The van der Waals surface area contributed by atoms with Crippen LogP contribution in [0.4, 0.5) is 5.69 Å². The predicted molar refractivity (Wildman–Crippen MR) is 98.1 cm³/mol. The molecule has 2 aromatic carbocycles. The molecule has 0 unspecified atom stereocenters. The van der Waals surface area contributed by atoms with E-state index in [0.29, 0.717) is 24.7 Å². The zero-order chi connectivity index (χ0) is 17.3. The second-order valence-corrected chi connectivity index (χ2v) is 6.04. The third-order valence-electron chi connectivity index (χ3n) is 4.17. The summed E-state index contributed by atoms with van der Waals surface area (Å²) in [5, 5.41) is 6.26. The highest BCUT2D eigenvalue weighted by Crippen LogP contribution is 2.25. The standard InChI is InChI=1S/C20H24N2O3/c23-20(16-7-6-12-21-15-16)22-18-10-4-5-11-19(18)25-14-13-24-17-8-2-1-3-9-17/h1-5,8-11,16,21H,6-7,12-15H2,(H,22,23)/t16-/m1/s1. The average Bonchev–Trinajstić information content (AvgIpc) is 2.68. The van der Waals surface area contributed by atoms with E-state index in [-0.39, 0.29) is 11.8 Å². The molecule has 2 N–H and O–H groups in total. The summed E-state index contributed by atoms with van der Waals surface area (Å²) in [4.78, 5) is 12.4. The van der Waals surface area contributed by atoms with Crippen molar-refractivity contribution in [1.29, 1.82) is 0 Å². The maximum atomic E-state index is 12.4. The van der Waals surface area contributed by atoms with Crippen LogP contribution in [0.2, 0.25) is 0 Å². The first kappa shape index (κ1) is 17.3. The third kappa shape index (κ3) is 5.22. The van der Waals surface area contributed by atoms with E-state index in [1.807, 2.05) is 54.6 Å². The Hall–Kier alpha value is -2.53. The number of hydrogen-bond donors (Lipinski definition) is 2. The zero-order valence-electron chi connectivity index (χ0n) is 14.2. The number of anilines is 1. The summed E-state index contributed by atoms with van der Waals surface area (Å²) < 4.78 is 11.4. The minimum Gasteiger partial charge on any atom is -0.490 e. The number of amides is 1. The molecule has 0 radical (unpaired) electrons. The summed E-state index contributed by atoms with van der Waals surface area (Å²) in [6, 6.07) is 17.1. The molecule has 1 fully saturated rings. The fraction of sp³-hybridized carbons (Fsp3) is 0.350. The summed E-state index contributed by atoms with van der Waals surface area (Å²) in [6.07, 6.45) is 1.96. The van der Waals surface area contributed by atoms with Gasteiger partial charge in [0.15, 0.2) is 0 Å². The third-order valence-corrected chi connectivity index (χ3v) is 4.17. The molecule has 1 saturated heterocycles. The van der Waals surface area contributed by atoms with Crippen LogP contribution in [0.5, 0.6) is 11.5 Å². The van der Waals surface area contributed by atoms with Crippen molar-refractivity contribution in [2.45, 2.75) is 12.8 Å². The van der Waals surface area contributed by atoms with Crippen LogP contribution in [0.25, 0.3) is 0 Å². The molecule has 0 bridgehead atoms. The molecule has 0 spiro atoms. The van der Waals surface area contributed by atoms with Gasteiger partial charge in [0.2, 0.25) is 5.91 Å². The number of para-hydroxylation sites is 3. The van der Waals surface area contributed by atoms with Gasteiger partial charge in [0.1, 0.15) is 24.7 Å². The molecule has 0 aromatic heterocycles. The quantitative estimate of drug-likeness (QED) is 0.761. The SMILES string of the molecule is O=C(Nc1ccccc1OCCOc1ccccc1)[C@@H]1CCCNC1. The van der Waals surface area contributed by atoms with Crippen molar-refractivity contribution < 1.29 is 14.3 Å². The van der Waals surface area contributed by atoms with Gasteiger partial charge >= 0.3 is 0 Å². The summed E-state index contributed by atoms with van der Waals surface area (Å²) >= 11 is 0. The monoisotopic (exact) mass is 340 g/mol. The molecule has 5 heteroatoms. The number of carbonyl (C=O) groups excluding carboxylic acids is 1. The fourth-order valence-electron chi connectivity index (χ4n) is 2.83. The van der Waals surface area contributed by atoms with Gasteiger partial charge in [-0.1, -0.05) is 30.3 Å². The van der Waals surface area contributed by atoms with Crippen molar-refractivity contribution in [2.75, 3.05) is 31.6 Å². The molecule has 1 amide bonds. The first-order valence-corrected chi connectivity index (χ1v) is 8.74. The number of rotatable bonds is 7. The van der Waals surface area contributed by atoms with Crippen molar-refractivity contribution in [3.63, 3.8) is 0 Å². The molecule has 0 saturated carbocycles. The van der Waals surface area contributed by atoms with E-state index >= 15 is 0 Å². The van der Waals surface area contributed by atoms with Crippen molar-refractivity contribution >= 4 is 11.6 Å². The second kappa shape index (κ2) is 9.08. The van der Waals surface area contributed by atoms with E-state index < -0.39 is 0 Å². The van der Waals surface area contributed by atoms with Crippen LogP contribution in [0.15, 0.2) is 54.6 Å². The molecule has 1 aliphatic heterocycles. The van der Waals surface area contributed by atoms with E-state index in [1.165, 1.54) is 0 Å². The van der Waals surface area contributed by atoms with Gasteiger partial charge in [0.25, 0.3) is 0 Å². The Balaban J connectivity index is 1.50. The summed E-state index contributed by atoms with van der Waals surface area (Å²) in [7, 11) is 0. The molecule has 25 heavy (non-hydrogen) atoms. The Morgan fingerprint density at radius 2 is 1.80 bits per heavy atom. The molecule has 2 aromatic rings. The van der Waals surface area contributed by atoms with Gasteiger partial charge in [-0.3, -0.25) is 4.79 Å². The van der Waals surface area contributed by atoms with E-state index in [0.717, 1.165) is 31.7 Å². The number of nitrogens with one attached hydrogen (secondary N) is 2. The molecular weight excluding hydrogens is 316 g/mol. The first-order chi connectivity index (χ1) is 12.3. The van der Waals surface area contributed by atoms with Crippen LogP contribution in [-0.4, -0.2) is 32.2 Å². The van der Waals surface area contributed by atoms with Crippen LogP contribution in [0, 0.1) is 5.92 Å². The second-order valence-electron chi connectivity index (χ2n) is 6.04. The Kier molecular flexibility index (Phi) is 6.29. The number of hydrogen-bond acceptors (Lipinski definition) is 4. The Morgan fingerprint density at radius 3 is 2.60 bits per heavy atom. The minimum absolute atomic E-state index is 0.0169. The van der Waals surface area contributed by atoms with Crippen molar-refractivity contribution in [2.24, 2.45) is 5.92 Å². The van der Waals surface area contributed by atoms with E-state index in [4.69, 9.17) is 9.47 Å². The maximum Gasteiger partial charge on any atom is 0.228 e. The topological polar surface area (TPSA) is 59.6 Å². The van der Waals surface area contributed by atoms with Gasteiger partial charge in [-0.15, -0.1) is 0 Å². The largest absolute Gasteiger partial charge is 0.490 e. The van der Waals surface area contributed by atoms with E-state index in [1.54, 1.807) is 0 Å². The molecule has 1 heterocycles. The van der Waals surface area contributed by atoms with Gasteiger partial charge in [0, 0.05) is 6.54 Å². The lowest BCUT2D eigenvalue weighted by molar-refractivity contribution is -0.120. The van der Waals surface area contributed by atoms with Crippen LogP contribution < -0.4 is 20.1 Å². The molecule has 0 aliphatic carbocycles. The number of carbonyl (C=O) groups is 1. The summed E-state index contributed by atoms with van der Waals surface area (Å²) in [5.41, 5.74) is 0.706. The Bertz CT molecular complexity index is 670. The van der Waals surface area contributed by atoms with E-state index in [9.17, 15) is 4.79 Å². The minimum atomic E-state index is 0.0169. The van der Waals surface area contributed by atoms with Gasteiger partial charge in [-0.05, 0) is 43.7 Å². The molecule has 5 nitrogen and oxygen atoms in total. The molecule has 1 atom stereocenters. The van der Waals surface area contributed by atoms with Crippen LogP contribution in [-0.2, 0) is 4.79 Å². The van der Waals surface area contributed by atoms with Crippen LogP contribution >= 0.6 is 0 Å². The highest BCUT2D eigenvalue weighted by atomic mass is 16.5. The molecule has 1 aliphatic rings. The molecule has 3 rings (SSSR count). The van der Waals surface area contributed by atoms with Gasteiger partial charge in [0.05, 0.1) is 11.6 Å². The normalized spacial score (nSPS) is 16.9. The highest BCUT2D eigenvalue weighted by Gasteiger charge is 2.21. The van der Waals surface area contributed by atoms with Crippen LogP contribution in [0.1, 0.15) is 12.8 Å². The maximum absolute atomic E-state index is 12.4. The first-order valence-electron chi connectivity index (χ1n) is 8.74. The number of ether oxygens (including phenoxy) is 2. The van der Waals surface area contributed by atoms with Gasteiger partial charge in [-0.2, -0.15) is 0 Å². The summed E-state index contributed by atoms with van der Waals surface area (Å²) in [5.74, 6) is 1.54. The van der Waals surface area contributed by atoms with Crippen molar-refractivity contribution in [3.8, 4) is 11.5 Å². The highest BCUT2D eigenvalue weighted by molar-refractivity contribution is 5.94.